The molecule has 0 amide bonds. The minimum atomic E-state index is -0.699. The van der Waals surface area contributed by atoms with E-state index in [-0.39, 0.29) is 41.9 Å². The molecule has 39 heavy (non-hydrogen) atoms. The lowest BCUT2D eigenvalue weighted by Gasteiger charge is -2.37. The average molecular weight is 602 g/mol. The van der Waals surface area contributed by atoms with E-state index in [0.717, 1.165) is 11.3 Å². The first-order chi connectivity index (χ1) is 18.6. The molecule has 1 aliphatic carbocycles. The second-order valence-corrected chi connectivity index (χ2v) is 10.7. The number of nitrogens with one attached hydrogen (secondary N) is 1. The number of carbonyl (C=O) groups is 2. The highest BCUT2D eigenvalue weighted by Crippen LogP contribution is 2.47. The molecule has 7 nitrogen and oxygen atoms in total. The summed E-state index contributed by atoms with van der Waals surface area (Å²) < 4.78 is 36.3. The molecular formula is C30H33BrFNO6. The van der Waals surface area contributed by atoms with Crippen molar-refractivity contribution in [3.63, 3.8) is 0 Å². The van der Waals surface area contributed by atoms with Gasteiger partial charge >= 0.3 is 5.97 Å². The Morgan fingerprint density at radius 3 is 2.44 bits per heavy atom. The zero-order chi connectivity index (χ0) is 28.3. The van der Waals surface area contributed by atoms with Gasteiger partial charge in [-0.25, -0.2) is 9.18 Å². The first kappa shape index (κ1) is 28.8. The van der Waals surface area contributed by atoms with E-state index in [4.69, 9.17) is 18.9 Å². The van der Waals surface area contributed by atoms with Crippen LogP contribution < -0.4 is 14.8 Å². The van der Waals surface area contributed by atoms with Crippen molar-refractivity contribution >= 4 is 27.7 Å². The van der Waals surface area contributed by atoms with Crippen molar-refractivity contribution in [1.82, 2.24) is 5.32 Å². The number of methoxy groups -OCH3 is 2. The van der Waals surface area contributed by atoms with Crippen LogP contribution in [0, 0.1) is 5.82 Å². The number of halogens is 2. The Balaban J connectivity index is 1.71. The van der Waals surface area contributed by atoms with Gasteiger partial charge in [0.05, 0.1) is 37.0 Å². The number of hydrogen-bond donors (Lipinski definition) is 1. The molecule has 0 aromatic heterocycles. The predicted molar refractivity (Wildman–Crippen MR) is 148 cm³/mol. The first-order valence-electron chi connectivity index (χ1n) is 12.8. The predicted octanol–water partition coefficient (Wildman–Crippen LogP) is 5.94. The second kappa shape index (κ2) is 12.3. The molecule has 2 aliphatic rings. The number of Topliss-reactive ketones (excluding diaryl/α,β-unsaturated/α-hetero) is 1. The van der Waals surface area contributed by atoms with Crippen molar-refractivity contribution in [1.29, 1.82) is 0 Å². The van der Waals surface area contributed by atoms with E-state index in [1.165, 1.54) is 6.07 Å². The molecule has 4 rings (SSSR count). The Hall–Kier alpha value is -3.17. The molecule has 0 spiro atoms. The fourth-order valence-corrected chi connectivity index (χ4v) is 5.57. The molecule has 0 bridgehead atoms. The van der Waals surface area contributed by atoms with Gasteiger partial charge in [-0.05, 0) is 84.4 Å². The van der Waals surface area contributed by atoms with Crippen LogP contribution >= 0.6 is 15.9 Å². The van der Waals surface area contributed by atoms with E-state index in [1.807, 2.05) is 32.0 Å². The number of carbonyl (C=O) groups excluding carboxylic acids is 2. The molecule has 1 heterocycles. The minimum absolute atomic E-state index is 0.0107. The van der Waals surface area contributed by atoms with E-state index in [9.17, 15) is 14.0 Å². The molecule has 0 saturated heterocycles. The minimum Gasteiger partial charge on any atom is -0.493 e. The maximum Gasteiger partial charge on any atom is 0.336 e. The maximum atomic E-state index is 14.2. The largest absolute Gasteiger partial charge is 0.493 e. The summed E-state index contributed by atoms with van der Waals surface area (Å²) >= 11 is 3.26. The quantitative estimate of drug-likeness (QED) is 0.281. The number of hydrogen-bond acceptors (Lipinski definition) is 7. The van der Waals surface area contributed by atoms with E-state index < -0.39 is 17.7 Å². The Morgan fingerprint density at radius 1 is 1.05 bits per heavy atom. The van der Waals surface area contributed by atoms with Gasteiger partial charge in [-0.3, -0.25) is 4.79 Å². The van der Waals surface area contributed by atoms with E-state index >= 15 is 0 Å². The number of ether oxygens (including phenoxy) is 4. The number of ketones is 1. The van der Waals surface area contributed by atoms with Gasteiger partial charge in [-0.15, -0.1) is 0 Å². The summed E-state index contributed by atoms with van der Waals surface area (Å²) in [4.78, 5) is 27.2. The lowest BCUT2D eigenvalue weighted by atomic mass is 9.71. The Morgan fingerprint density at radius 2 is 1.77 bits per heavy atom. The van der Waals surface area contributed by atoms with Crippen LogP contribution in [-0.4, -0.2) is 45.3 Å². The summed E-state index contributed by atoms with van der Waals surface area (Å²) in [5, 5.41) is 3.33. The lowest BCUT2D eigenvalue weighted by molar-refractivity contribution is -0.141. The van der Waals surface area contributed by atoms with Gasteiger partial charge in [0.15, 0.2) is 17.3 Å². The van der Waals surface area contributed by atoms with Crippen LogP contribution in [0.25, 0.3) is 0 Å². The molecule has 1 N–H and O–H groups in total. The summed E-state index contributed by atoms with van der Waals surface area (Å²) in [6.07, 6.45) is 0.812. The molecule has 0 fully saturated rings. The Bertz CT molecular complexity index is 1330. The van der Waals surface area contributed by atoms with Crippen molar-refractivity contribution < 1.29 is 32.9 Å². The first-order valence-corrected chi connectivity index (χ1v) is 13.6. The van der Waals surface area contributed by atoms with Crippen molar-refractivity contribution in [2.75, 3.05) is 27.4 Å². The SMILES string of the molecule is COc1ccc(C2CC(=O)C3=C(C2)NC(C)=C(C(=O)OCCOC(C)C)C3c2ccc(F)c(Br)c2)cc1OC. The molecule has 2 unspecified atom stereocenters. The fourth-order valence-electron chi connectivity index (χ4n) is 5.17. The number of rotatable bonds is 9. The van der Waals surface area contributed by atoms with Crippen LogP contribution in [-0.2, 0) is 19.1 Å². The molecule has 208 valence electrons. The molecule has 0 radical (unpaired) electrons. The normalized spacial score (nSPS) is 19.1. The molecule has 2 atom stereocenters. The molecular weight excluding hydrogens is 569 g/mol. The van der Waals surface area contributed by atoms with E-state index in [0.29, 0.717) is 40.3 Å². The molecule has 1 aliphatic heterocycles. The highest BCUT2D eigenvalue weighted by Gasteiger charge is 2.41. The Labute approximate surface area is 236 Å². The third-order valence-electron chi connectivity index (χ3n) is 6.97. The third kappa shape index (κ3) is 6.20. The van der Waals surface area contributed by atoms with Gasteiger partial charge in [0.2, 0.25) is 0 Å². The van der Waals surface area contributed by atoms with Gasteiger partial charge in [0.1, 0.15) is 12.4 Å². The third-order valence-corrected chi connectivity index (χ3v) is 7.58. The molecule has 2 aromatic carbocycles. The van der Waals surface area contributed by atoms with Crippen LogP contribution in [0.2, 0.25) is 0 Å². The number of esters is 1. The number of dihydropyridines is 1. The summed E-state index contributed by atoms with van der Waals surface area (Å²) in [5.41, 5.74) is 3.74. The van der Waals surface area contributed by atoms with Crippen LogP contribution in [0.3, 0.4) is 0 Å². The van der Waals surface area contributed by atoms with Crippen molar-refractivity contribution in [2.45, 2.75) is 51.6 Å². The van der Waals surface area contributed by atoms with Crippen molar-refractivity contribution in [3.05, 3.63) is 80.4 Å². The number of allylic oxidation sites excluding steroid dienone is 3. The van der Waals surface area contributed by atoms with Crippen LogP contribution in [0.15, 0.2) is 63.4 Å². The summed E-state index contributed by atoms with van der Waals surface area (Å²) in [5.74, 6) is -0.651. The van der Waals surface area contributed by atoms with Crippen LogP contribution in [0.4, 0.5) is 4.39 Å². The smallest absolute Gasteiger partial charge is 0.336 e. The Kier molecular flexibility index (Phi) is 9.12. The number of benzene rings is 2. The monoisotopic (exact) mass is 601 g/mol. The van der Waals surface area contributed by atoms with Gasteiger partial charge in [0.25, 0.3) is 0 Å². The topological polar surface area (TPSA) is 83.1 Å². The highest BCUT2D eigenvalue weighted by molar-refractivity contribution is 9.10. The maximum absolute atomic E-state index is 14.2. The molecule has 9 heteroatoms. The van der Waals surface area contributed by atoms with Gasteiger partial charge < -0.3 is 24.3 Å². The van der Waals surface area contributed by atoms with Crippen LogP contribution in [0.5, 0.6) is 11.5 Å². The van der Waals surface area contributed by atoms with Gasteiger partial charge in [0, 0.05) is 29.3 Å². The summed E-state index contributed by atoms with van der Waals surface area (Å²) in [7, 11) is 3.15. The van der Waals surface area contributed by atoms with Crippen molar-refractivity contribution in [3.8, 4) is 11.5 Å². The highest BCUT2D eigenvalue weighted by atomic mass is 79.9. The van der Waals surface area contributed by atoms with Gasteiger partial charge in [-0.2, -0.15) is 0 Å². The standard InChI is InChI=1S/C30H33BrFNO6/c1-16(2)38-10-11-39-30(35)27-17(3)33-23-13-20(18-7-9-25(36-4)26(15-18)37-5)14-24(34)29(23)28(27)19-6-8-22(32)21(31)12-19/h6-9,12,15-16,20,28,33H,10-11,13-14H2,1-5H3. The second-order valence-electron chi connectivity index (χ2n) is 9.86. The lowest BCUT2D eigenvalue weighted by Crippen LogP contribution is -2.36. The zero-order valence-corrected chi connectivity index (χ0v) is 24.3. The zero-order valence-electron chi connectivity index (χ0n) is 22.7. The summed E-state index contributed by atoms with van der Waals surface area (Å²) in [6.45, 7) is 5.94. The van der Waals surface area contributed by atoms with E-state index in [1.54, 1.807) is 33.3 Å². The van der Waals surface area contributed by atoms with Crippen molar-refractivity contribution in [2.24, 2.45) is 0 Å². The van der Waals surface area contributed by atoms with Gasteiger partial charge in [-0.1, -0.05) is 12.1 Å². The van der Waals surface area contributed by atoms with E-state index in [2.05, 4.69) is 21.2 Å². The fraction of sp³-hybridized carbons (Fsp3) is 0.400. The van der Waals surface area contributed by atoms with Crippen LogP contribution in [0.1, 0.15) is 56.6 Å². The average Bonchev–Trinajstić information content (AvgIpc) is 2.91. The molecule has 0 saturated carbocycles. The summed E-state index contributed by atoms with van der Waals surface area (Å²) in [6, 6.07) is 10.2. The molecule has 2 aromatic rings.